The standard InChI is InChI=1S/C60H103N7O22S/c1-46(2)43-50(65-56(72)48(61)14-42-90-3)57(73)66-51(44-47-9-5-4-6-10-47)58(74)64-49(60(76)77)11-7-8-15-62-54(70)13-18-78-20-22-80-24-26-82-28-30-84-32-34-86-36-38-88-40-41-89-39-37-87-35-33-85-31-29-83-27-25-81-23-21-79-19-16-63-53(69)12-17-67-55(71)45-52(68)59(67)75/h4-6,9-10,46,48-52,68H,7-8,11-45,61H2,1-3H3,(H,62,70)(H,63,69)(H,64,74)(H,65,72)(H,66,73)(H,76,77)/t48-,49-,50-,51-,52?/m0/s1. The molecule has 0 aromatic heterocycles. The number of carboxylic acid groups (broad SMARTS) is 1. The number of amides is 7. The van der Waals surface area contributed by atoms with Crippen molar-refractivity contribution in [3.63, 3.8) is 0 Å². The number of likely N-dealkylation sites (tertiary alicyclic amines) is 1. The number of aliphatic hydroxyl groups is 1. The second kappa shape index (κ2) is 54.5. The lowest BCUT2D eigenvalue weighted by Crippen LogP contribution is -2.57. The summed E-state index contributed by atoms with van der Waals surface area (Å²) < 4.78 is 65.9. The van der Waals surface area contributed by atoms with Crippen molar-refractivity contribution >= 4 is 59.1 Å². The summed E-state index contributed by atoms with van der Waals surface area (Å²) in [4.78, 5) is 101. The number of thioether (sulfide) groups is 1. The maximum Gasteiger partial charge on any atom is 0.326 e. The average molecular weight is 1310 g/mol. The third kappa shape index (κ3) is 42.9. The summed E-state index contributed by atoms with van der Waals surface area (Å²) in [7, 11) is 0. The first-order valence-electron chi connectivity index (χ1n) is 31.0. The number of hydrogen-bond acceptors (Lipinski definition) is 23. The molecule has 1 aromatic carbocycles. The zero-order valence-corrected chi connectivity index (χ0v) is 53.8. The van der Waals surface area contributed by atoms with Crippen molar-refractivity contribution in [2.24, 2.45) is 11.7 Å². The van der Waals surface area contributed by atoms with Crippen LogP contribution >= 0.6 is 11.8 Å². The van der Waals surface area contributed by atoms with Crippen molar-refractivity contribution in [3.8, 4) is 0 Å². The molecule has 516 valence electrons. The molecule has 1 aromatic rings. The van der Waals surface area contributed by atoms with E-state index >= 15 is 0 Å². The van der Waals surface area contributed by atoms with Crippen molar-refractivity contribution in [3.05, 3.63) is 35.9 Å². The highest BCUT2D eigenvalue weighted by atomic mass is 32.2. The predicted octanol–water partition coefficient (Wildman–Crippen LogP) is -0.604. The van der Waals surface area contributed by atoms with Crippen molar-refractivity contribution in [2.45, 2.75) is 102 Å². The Morgan fingerprint density at radius 1 is 0.544 bits per heavy atom. The Balaban J connectivity index is 1.33. The first-order chi connectivity index (χ1) is 43.6. The monoisotopic (exact) mass is 1310 g/mol. The van der Waals surface area contributed by atoms with E-state index in [9.17, 15) is 48.6 Å². The van der Waals surface area contributed by atoms with E-state index in [4.69, 9.17) is 62.6 Å². The number of hydrogen-bond donors (Lipinski definition) is 8. The van der Waals surface area contributed by atoms with Crippen LogP contribution in [0.1, 0.15) is 70.8 Å². The zero-order chi connectivity index (χ0) is 65.7. The van der Waals surface area contributed by atoms with Gasteiger partial charge < -0.3 is 99.4 Å². The van der Waals surface area contributed by atoms with Crippen LogP contribution in [-0.2, 0) is 102 Å². The average Bonchev–Trinajstić information content (AvgIpc) is 1.95. The number of aliphatic carboxylic acids is 1. The quantitative estimate of drug-likeness (QED) is 0.0298. The maximum absolute atomic E-state index is 13.7. The van der Waals surface area contributed by atoms with E-state index in [0.717, 1.165) is 10.5 Å². The molecular weight excluding hydrogens is 1200 g/mol. The molecular formula is C60H103N7O22S. The number of carbonyl (C=O) groups is 8. The Kier molecular flexibility index (Phi) is 49.1. The Morgan fingerprint density at radius 3 is 1.39 bits per heavy atom. The predicted molar refractivity (Wildman–Crippen MR) is 330 cm³/mol. The summed E-state index contributed by atoms with van der Waals surface area (Å²) in [5.74, 6) is -3.95. The number of imide groups is 1. The van der Waals surface area contributed by atoms with E-state index < -0.39 is 65.8 Å². The highest BCUT2D eigenvalue weighted by Gasteiger charge is 2.37. The second-order valence-electron chi connectivity index (χ2n) is 20.9. The largest absolute Gasteiger partial charge is 0.480 e. The lowest BCUT2D eigenvalue weighted by atomic mass is 10.00. The molecule has 7 amide bonds. The molecule has 90 heavy (non-hydrogen) atoms. The van der Waals surface area contributed by atoms with Gasteiger partial charge in [0.15, 0.2) is 0 Å². The van der Waals surface area contributed by atoms with Gasteiger partial charge in [0.05, 0.1) is 171 Å². The van der Waals surface area contributed by atoms with Crippen molar-refractivity contribution in [1.82, 2.24) is 31.5 Å². The Bertz CT molecular complexity index is 2090. The molecule has 0 bridgehead atoms. The summed E-state index contributed by atoms with van der Waals surface area (Å²) >= 11 is 1.55. The van der Waals surface area contributed by atoms with Crippen molar-refractivity contribution in [2.75, 3.05) is 190 Å². The van der Waals surface area contributed by atoms with E-state index in [1.807, 2.05) is 26.2 Å². The SMILES string of the molecule is CSCC[C@H](N)C(=O)N[C@@H](CC(C)C)C(=O)N[C@@H](Cc1ccccc1)C(=O)N[C@@H](CCCCNC(=O)CCOCCOCCOCCOCCOCCOCCOCCOCCOCCOCCOCCOCCNC(=O)CCN1C(=O)CC(O)C1=O)C(=O)O. The van der Waals surface area contributed by atoms with Crippen LogP contribution in [0.15, 0.2) is 30.3 Å². The highest BCUT2D eigenvalue weighted by molar-refractivity contribution is 7.98. The minimum atomic E-state index is -1.32. The Hall–Kier alpha value is -5.03. The van der Waals surface area contributed by atoms with Crippen LogP contribution < -0.4 is 32.3 Å². The molecule has 0 saturated carbocycles. The molecule has 1 aliphatic rings. The van der Waals surface area contributed by atoms with Crippen LogP contribution in [0.3, 0.4) is 0 Å². The number of aliphatic hydroxyl groups excluding tert-OH is 1. The van der Waals surface area contributed by atoms with Gasteiger partial charge in [-0.2, -0.15) is 11.8 Å². The maximum atomic E-state index is 13.7. The van der Waals surface area contributed by atoms with Gasteiger partial charge in [0.2, 0.25) is 35.4 Å². The molecule has 2 rings (SSSR count). The van der Waals surface area contributed by atoms with E-state index in [2.05, 4.69) is 26.6 Å². The normalized spacial score (nSPS) is 14.6. The fourth-order valence-electron chi connectivity index (χ4n) is 8.16. The number of nitrogens with two attached hydrogens (primary N) is 1. The summed E-state index contributed by atoms with van der Waals surface area (Å²) in [6.07, 6.45) is 2.19. The van der Waals surface area contributed by atoms with Gasteiger partial charge in [0, 0.05) is 38.9 Å². The van der Waals surface area contributed by atoms with Crippen molar-refractivity contribution in [1.29, 1.82) is 0 Å². The van der Waals surface area contributed by atoms with Crippen LogP contribution in [0, 0.1) is 5.92 Å². The molecule has 0 spiro atoms. The van der Waals surface area contributed by atoms with Crippen LogP contribution in [0.2, 0.25) is 0 Å². The van der Waals surface area contributed by atoms with Gasteiger partial charge in [-0.05, 0) is 55.6 Å². The second-order valence-corrected chi connectivity index (χ2v) is 21.9. The number of benzene rings is 1. The minimum absolute atomic E-state index is 0.0238. The Morgan fingerprint density at radius 2 is 0.956 bits per heavy atom. The van der Waals surface area contributed by atoms with Gasteiger partial charge in [-0.25, -0.2) is 4.79 Å². The van der Waals surface area contributed by atoms with E-state index in [0.29, 0.717) is 183 Å². The number of unbranched alkanes of at least 4 members (excludes halogenated alkanes) is 1. The molecule has 1 saturated heterocycles. The van der Waals surface area contributed by atoms with Gasteiger partial charge in [0.25, 0.3) is 5.91 Å². The molecule has 0 aliphatic carbocycles. The van der Waals surface area contributed by atoms with E-state index in [-0.39, 0.29) is 76.1 Å². The minimum Gasteiger partial charge on any atom is -0.480 e. The molecule has 1 fully saturated rings. The summed E-state index contributed by atoms with van der Waals surface area (Å²) in [5, 5.41) is 32.9. The fourth-order valence-corrected chi connectivity index (χ4v) is 8.65. The highest BCUT2D eigenvalue weighted by Crippen LogP contribution is 2.14. The van der Waals surface area contributed by atoms with Gasteiger partial charge >= 0.3 is 5.97 Å². The molecule has 29 nitrogen and oxygen atoms in total. The number of carbonyl (C=O) groups excluding carboxylic acids is 7. The number of carboxylic acids is 1. The van der Waals surface area contributed by atoms with Gasteiger partial charge in [-0.1, -0.05) is 44.2 Å². The smallest absolute Gasteiger partial charge is 0.326 e. The molecule has 5 atom stereocenters. The number of rotatable bonds is 61. The molecule has 1 unspecified atom stereocenters. The van der Waals surface area contributed by atoms with Gasteiger partial charge in [-0.3, -0.25) is 38.5 Å². The van der Waals surface area contributed by atoms with Crippen LogP contribution in [0.5, 0.6) is 0 Å². The van der Waals surface area contributed by atoms with Gasteiger partial charge in [0.1, 0.15) is 24.2 Å². The third-order valence-electron chi connectivity index (χ3n) is 13.0. The van der Waals surface area contributed by atoms with Gasteiger partial charge in [-0.15, -0.1) is 0 Å². The molecule has 1 heterocycles. The lowest BCUT2D eigenvalue weighted by Gasteiger charge is -2.26. The Labute approximate surface area is 533 Å². The lowest BCUT2D eigenvalue weighted by molar-refractivity contribution is -0.143. The first kappa shape index (κ1) is 81.1. The molecule has 0 radical (unpaired) electrons. The van der Waals surface area contributed by atoms with Crippen LogP contribution in [-0.4, -0.2) is 283 Å². The van der Waals surface area contributed by atoms with E-state index in [1.165, 1.54) is 0 Å². The molecule has 30 heteroatoms. The van der Waals surface area contributed by atoms with Crippen LogP contribution in [0.4, 0.5) is 0 Å². The number of ether oxygens (including phenoxy) is 12. The summed E-state index contributed by atoms with van der Waals surface area (Å²) in [5.41, 5.74) is 6.81. The third-order valence-corrected chi connectivity index (χ3v) is 13.6. The zero-order valence-electron chi connectivity index (χ0n) is 53.0. The topological polar surface area (TPSA) is 377 Å². The molecule has 1 aliphatic heterocycles. The molecule has 9 N–H and O–H groups in total. The summed E-state index contributed by atoms with van der Waals surface area (Å²) in [6.45, 7) is 13.7. The first-order valence-corrected chi connectivity index (χ1v) is 32.4. The number of nitrogens with one attached hydrogen (secondary N) is 5. The van der Waals surface area contributed by atoms with E-state index in [1.54, 1.807) is 36.0 Å². The fraction of sp³-hybridized carbons (Fsp3) is 0.767. The number of nitrogens with zero attached hydrogens (tertiary/aromatic N) is 1. The summed E-state index contributed by atoms with van der Waals surface area (Å²) in [6, 6.07) is 4.86. The van der Waals surface area contributed by atoms with Crippen molar-refractivity contribution < 1.29 is 105 Å². The van der Waals surface area contributed by atoms with Crippen LogP contribution in [0.25, 0.3) is 0 Å².